The Morgan fingerprint density at radius 2 is 1.73 bits per heavy atom. The molecule has 1 N–H and O–H groups in total. The highest BCUT2D eigenvalue weighted by Gasteiger charge is 2.20. The number of nitrogens with one attached hydrogen (secondary N) is 1. The molecule has 2 aromatic carbocycles. The Morgan fingerprint density at radius 1 is 0.951 bits per heavy atom. The van der Waals surface area contributed by atoms with Crippen LogP contribution in [0, 0.1) is 6.92 Å². The van der Waals surface area contributed by atoms with Crippen LogP contribution in [-0.4, -0.2) is 62.9 Å². The molecule has 1 aliphatic heterocycles. The summed E-state index contributed by atoms with van der Waals surface area (Å²) >= 11 is 12.9. The third-order valence-electron chi connectivity index (χ3n) is 7.25. The Hall–Kier alpha value is -4.05. The Bertz CT molecular complexity index is 1770. The minimum absolute atomic E-state index is 0.283. The van der Waals surface area contributed by atoms with Crippen molar-refractivity contribution < 1.29 is 0 Å². The van der Waals surface area contributed by atoms with Crippen molar-refractivity contribution in [3.05, 3.63) is 93.1 Å². The van der Waals surface area contributed by atoms with Crippen LogP contribution in [0.4, 0.5) is 17.3 Å². The molecule has 4 heterocycles. The van der Waals surface area contributed by atoms with Gasteiger partial charge in [0.15, 0.2) is 0 Å². The number of hydrogen-bond acceptors (Lipinski definition) is 8. The molecule has 0 amide bonds. The molecule has 9 nitrogen and oxygen atoms in total. The van der Waals surface area contributed by atoms with Crippen molar-refractivity contribution >= 4 is 51.4 Å². The maximum atomic E-state index is 13.6. The van der Waals surface area contributed by atoms with Gasteiger partial charge in [-0.25, -0.2) is 9.97 Å². The van der Waals surface area contributed by atoms with Crippen LogP contribution in [0.15, 0.2) is 71.9 Å². The molecule has 0 atom stereocenters. The highest BCUT2D eigenvalue weighted by molar-refractivity contribution is 6.37. The van der Waals surface area contributed by atoms with Crippen LogP contribution < -0.4 is 15.8 Å². The van der Waals surface area contributed by atoms with Gasteiger partial charge in [0, 0.05) is 55.2 Å². The van der Waals surface area contributed by atoms with Gasteiger partial charge < -0.3 is 15.1 Å². The van der Waals surface area contributed by atoms with Crippen molar-refractivity contribution in [3.8, 4) is 16.9 Å². The highest BCUT2D eigenvalue weighted by atomic mass is 35.5. The lowest BCUT2D eigenvalue weighted by Crippen LogP contribution is -2.29. The molecule has 0 bridgehead atoms. The molecule has 0 aliphatic carbocycles. The number of likely N-dealkylation sites (N-methyl/N-ethyl adjacent to an activating group) is 1. The zero-order valence-corrected chi connectivity index (χ0v) is 24.2. The second kappa shape index (κ2) is 11.4. The molecule has 0 spiro atoms. The van der Waals surface area contributed by atoms with E-state index in [1.807, 2.05) is 18.2 Å². The topological polar surface area (TPSA) is 92.1 Å². The van der Waals surface area contributed by atoms with Crippen LogP contribution >= 0.6 is 23.2 Å². The number of nitrogens with zero attached hydrogens (tertiary/aromatic N) is 7. The van der Waals surface area contributed by atoms with Crippen molar-refractivity contribution in [2.75, 3.05) is 43.4 Å². The number of rotatable bonds is 5. The van der Waals surface area contributed by atoms with Crippen molar-refractivity contribution in [2.45, 2.75) is 13.3 Å². The molecule has 41 heavy (non-hydrogen) atoms. The summed E-state index contributed by atoms with van der Waals surface area (Å²) in [5, 5.41) is 8.88. The summed E-state index contributed by atoms with van der Waals surface area (Å²) < 4.78 is 1.21. The normalized spacial score (nSPS) is 14.3. The number of hydrogen-bond donors (Lipinski definition) is 1. The predicted octanol–water partition coefficient (Wildman–Crippen LogP) is 5.74. The monoisotopic (exact) mass is 586 g/mol. The quantitative estimate of drug-likeness (QED) is 0.279. The summed E-state index contributed by atoms with van der Waals surface area (Å²) in [5.74, 6) is 0.353. The highest BCUT2D eigenvalue weighted by Crippen LogP contribution is 2.31. The number of anilines is 3. The first-order chi connectivity index (χ1) is 19.9. The number of aromatic nitrogens is 5. The number of fused-ring (bicyclic) bond motifs is 1. The van der Waals surface area contributed by atoms with Crippen LogP contribution in [0.5, 0.6) is 0 Å². The molecule has 1 aliphatic rings. The number of halogens is 2. The zero-order valence-electron chi connectivity index (χ0n) is 22.7. The number of aryl methyl sites for hydroxylation is 1. The standard InChI is InChI=1S/C30H28Cl2N8O/c1-19-17-21(7-8-25(19)39-14-4-13-38(2)15-16-39)35-30-34-18-22-27(36-30)26(20-9-11-33-12-10-20)37-40(29(22)41)28-23(31)5-3-6-24(28)32/h3,5-12,17-18H,4,13-16H2,1-2H3,(H,34,35,36). The molecule has 0 saturated carbocycles. The van der Waals surface area contributed by atoms with Gasteiger partial charge in [0.2, 0.25) is 5.95 Å². The van der Waals surface area contributed by atoms with E-state index in [2.05, 4.69) is 56.3 Å². The lowest BCUT2D eigenvalue weighted by Gasteiger charge is -2.25. The summed E-state index contributed by atoms with van der Waals surface area (Å²) in [5.41, 5.74) is 4.73. The second-order valence-corrected chi connectivity index (χ2v) is 10.9. The van der Waals surface area contributed by atoms with Gasteiger partial charge in [-0.2, -0.15) is 9.78 Å². The third-order valence-corrected chi connectivity index (χ3v) is 7.86. The van der Waals surface area contributed by atoms with E-state index < -0.39 is 5.56 Å². The van der Waals surface area contributed by atoms with Crippen LogP contribution in [0.1, 0.15) is 12.0 Å². The van der Waals surface area contributed by atoms with E-state index in [0.29, 0.717) is 32.9 Å². The summed E-state index contributed by atoms with van der Waals surface area (Å²) in [4.78, 5) is 31.8. The minimum Gasteiger partial charge on any atom is -0.370 e. The van der Waals surface area contributed by atoms with E-state index in [1.165, 1.54) is 22.1 Å². The Kier molecular flexibility index (Phi) is 7.57. The maximum Gasteiger partial charge on any atom is 0.282 e. The van der Waals surface area contributed by atoms with Gasteiger partial charge in [0.1, 0.15) is 16.9 Å². The van der Waals surface area contributed by atoms with E-state index in [1.54, 1.807) is 30.6 Å². The lowest BCUT2D eigenvalue weighted by molar-refractivity contribution is 0.360. The van der Waals surface area contributed by atoms with Crippen LogP contribution in [0.2, 0.25) is 10.0 Å². The number of para-hydroxylation sites is 1. The summed E-state index contributed by atoms with van der Waals surface area (Å²) in [6.45, 7) is 6.31. The van der Waals surface area contributed by atoms with Crippen LogP contribution in [0.3, 0.4) is 0 Å². The van der Waals surface area contributed by atoms with Gasteiger partial charge in [0.25, 0.3) is 5.56 Å². The summed E-state index contributed by atoms with van der Waals surface area (Å²) in [6.07, 6.45) is 5.97. The van der Waals surface area contributed by atoms with Crippen LogP contribution in [-0.2, 0) is 0 Å². The van der Waals surface area contributed by atoms with Gasteiger partial charge in [-0.1, -0.05) is 29.3 Å². The molecule has 11 heteroatoms. The van der Waals surface area contributed by atoms with E-state index in [0.717, 1.165) is 43.9 Å². The first-order valence-electron chi connectivity index (χ1n) is 13.3. The van der Waals surface area contributed by atoms with Crippen molar-refractivity contribution in [1.82, 2.24) is 29.6 Å². The summed E-state index contributed by atoms with van der Waals surface area (Å²) in [7, 11) is 2.17. The smallest absolute Gasteiger partial charge is 0.282 e. The molecular weight excluding hydrogens is 559 g/mol. The van der Waals surface area contributed by atoms with Crippen molar-refractivity contribution in [2.24, 2.45) is 0 Å². The Morgan fingerprint density at radius 3 is 2.49 bits per heavy atom. The third kappa shape index (κ3) is 5.48. The number of pyridine rings is 1. The first-order valence-corrected chi connectivity index (χ1v) is 14.1. The summed E-state index contributed by atoms with van der Waals surface area (Å²) in [6, 6.07) is 14.9. The van der Waals surface area contributed by atoms with Gasteiger partial charge in [-0.15, -0.1) is 0 Å². The van der Waals surface area contributed by atoms with E-state index in [-0.39, 0.29) is 5.39 Å². The fraction of sp³-hybridized carbons (Fsp3) is 0.233. The van der Waals surface area contributed by atoms with E-state index in [4.69, 9.17) is 28.2 Å². The largest absolute Gasteiger partial charge is 0.370 e. The SMILES string of the molecule is Cc1cc(Nc2ncc3c(=O)n(-c4c(Cl)cccc4Cl)nc(-c4ccncc4)c3n2)ccc1N1CCCN(C)CC1. The molecule has 3 aromatic heterocycles. The van der Waals surface area contributed by atoms with Crippen molar-refractivity contribution in [3.63, 3.8) is 0 Å². The molecule has 0 radical (unpaired) electrons. The fourth-order valence-corrected chi connectivity index (χ4v) is 5.70. The first kappa shape index (κ1) is 27.1. The van der Waals surface area contributed by atoms with Gasteiger partial charge >= 0.3 is 0 Å². The molecule has 6 rings (SSSR count). The fourth-order valence-electron chi connectivity index (χ4n) is 5.14. The molecule has 5 aromatic rings. The zero-order chi connectivity index (χ0) is 28.5. The number of benzene rings is 2. The molecular formula is C30H28Cl2N8O. The average molecular weight is 588 g/mol. The Labute approximate surface area is 247 Å². The van der Waals surface area contributed by atoms with Gasteiger partial charge in [0.05, 0.1) is 15.4 Å². The van der Waals surface area contributed by atoms with E-state index in [9.17, 15) is 4.79 Å². The van der Waals surface area contributed by atoms with Gasteiger partial charge in [-0.05, 0) is 75.0 Å². The minimum atomic E-state index is -0.428. The van der Waals surface area contributed by atoms with Crippen LogP contribution in [0.25, 0.3) is 27.8 Å². The maximum absolute atomic E-state index is 13.6. The lowest BCUT2D eigenvalue weighted by atomic mass is 10.1. The molecule has 1 fully saturated rings. The molecule has 0 unspecified atom stereocenters. The molecule has 208 valence electrons. The predicted molar refractivity (Wildman–Crippen MR) is 165 cm³/mol. The van der Waals surface area contributed by atoms with Crippen molar-refractivity contribution in [1.29, 1.82) is 0 Å². The van der Waals surface area contributed by atoms with E-state index >= 15 is 0 Å². The Balaban J connectivity index is 1.40. The average Bonchev–Trinajstić information content (AvgIpc) is 3.19. The van der Waals surface area contributed by atoms with Gasteiger partial charge in [-0.3, -0.25) is 9.78 Å². The molecule has 1 saturated heterocycles. The second-order valence-electron chi connectivity index (χ2n) is 10.1.